The topological polar surface area (TPSA) is 77.8 Å². The highest BCUT2D eigenvalue weighted by Gasteiger charge is 2.30. The van der Waals surface area contributed by atoms with E-state index in [0.29, 0.717) is 12.8 Å². The average molecular weight is 450 g/mol. The van der Waals surface area contributed by atoms with E-state index in [1.807, 2.05) is 11.0 Å². The van der Waals surface area contributed by atoms with Crippen molar-refractivity contribution in [3.8, 4) is 0 Å². The molecule has 1 aliphatic rings. The largest absolute Gasteiger partial charge is 0.481 e. The van der Waals surface area contributed by atoms with Crippen LogP contribution in [0.2, 0.25) is 0 Å². The summed E-state index contributed by atoms with van der Waals surface area (Å²) in [7, 11) is 0. The quantitative estimate of drug-likeness (QED) is 0.356. The summed E-state index contributed by atoms with van der Waals surface area (Å²) in [6.45, 7) is 2.87. The van der Waals surface area contributed by atoms with E-state index in [-0.39, 0.29) is 30.4 Å². The third-order valence-electron chi connectivity index (χ3n) is 6.28. The maximum absolute atomic E-state index is 12.2. The number of rotatable bonds is 16. The molecule has 1 aliphatic heterocycles. The molecule has 1 saturated heterocycles. The van der Waals surface area contributed by atoms with Crippen LogP contribution in [0.15, 0.2) is 30.3 Å². The number of carbonyl (C=O) groups is 2. The molecular weight excluding hydrogens is 410 g/mol. The van der Waals surface area contributed by atoms with E-state index in [1.165, 1.54) is 5.56 Å². The van der Waals surface area contributed by atoms with Crippen molar-refractivity contribution >= 4 is 23.6 Å². The van der Waals surface area contributed by atoms with Crippen LogP contribution in [0, 0.1) is 5.92 Å². The zero-order chi connectivity index (χ0) is 22.5. The molecule has 1 amide bonds. The minimum atomic E-state index is -0.751. The highest BCUT2D eigenvalue weighted by molar-refractivity contribution is 7.99. The van der Waals surface area contributed by atoms with Gasteiger partial charge in [0.15, 0.2) is 0 Å². The van der Waals surface area contributed by atoms with Gasteiger partial charge in [0.1, 0.15) is 0 Å². The second-order valence-corrected chi connectivity index (χ2v) is 9.97. The molecule has 0 saturated carbocycles. The second kappa shape index (κ2) is 14.5. The van der Waals surface area contributed by atoms with E-state index >= 15 is 0 Å². The summed E-state index contributed by atoms with van der Waals surface area (Å²) < 4.78 is 0. The van der Waals surface area contributed by atoms with Crippen molar-refractivity contribution in [1.82, 2.24) is 4.90 Å². The van der Waals surface area contributed by atoms with Gasteiger partial charge in [-0.15, -0.1) is 0 Å². The third kappa shape index (κ3) is 10.1. The van der Waals surface area contributed by atoms with Crippen molar-refractivity contribution in [3.63, 3.8) is 0 Å². The van der Waals surface area contributed by atoms with Gasteiger partial charge in [0, 0.05) is 31.2 Å². The molecule has 1 fully saturated rings. The number of aliphatic hydroxyl groups excluding tert-OH is 1. The van der Waals surface area contributed by atoms with Crippen molar-refractivity contribution in [3.05, 3.63) is 35.9 Å². The fraction of sp³-hybridized carbons (Fsp3) is 0.680. The van der Waals surface area contributed by atoms with Crippen LogP contribution in [0.25, 0.3) is 0 Å². The Balaban J connectivity index is 1.60. The van der Waals surface area contributed by atoms with Gasteiger partial charge in [-0.1, -0.05) is 43.7 Å². The van der Waals surface area contributed by atoms with E-state index in [1.54, 1.807) is 11.8 Å². The lowest BCUT2D eigenvalue weighted by atomic mass is 9.92. The summed E-state index contributed by atoms with van der Waals surface area (Å²) in [6.07, 6.45) is 8.10. The number of aliphatic carboxylic acids is 1. The molecule has 2 N–H and O–H groups in total. The van der Waals surface area contributed by atoms with Crippen molar-refractivity contribution in [1.29, 1.82) is 0 Å². The first-order valence-electron chi connectivity index (χ1n) is 11.8. The van der Waals surface area contributed by atoms with Crippen LogP contribution < -0.4 is 0 Å². The Morgan fingerprint density at radius 2 is 1.94 bits per heavy atom. The molecule has 1 aromatic carbocycles. The number of unbranched alkanes of at least 4 members (excludes halogenated alkanes) is 1. The Bertz CT molecular complexity index is 654. The van der Waals surface area contributed by atoms with Gasteiger partial charge in [0.2, 0.25) is 5.91 Å². The number of amides is 1. The number of carbonyl (C=O) groups excluding carboxylic acids is 1. The van der Waals surface area contributed by atoms with Gasteiger partial charge in [0.25, 0.3) is 0 Å². The number of aliphatic hydroxyl groups is 1. The summed E-state index contributed by atoms with van der Waals surface area (Å²) in [5.74, 6) is 1.42. The predicted molar refractivity (Wildman–Crippen MR) is 127 cm³/mol. The molecule has 1 aromatic rings. The standard InChI is InChI=1S/C25H39NO4S/c1-20(8-5-6-11-21-9-3-2-4-10-21)23(27)15-13-22-14-16-24(28)26(22)17-19-31-18-7-12-25(29)30/h2-4,9-10,20,22-23,27H,5-8,11-19H2,1H3,(H,29,30)/t20-,22-,23+/m0/s1. The number of nitrogens with zero attached hydrogens (tertiary/aromatic N) is 1. The number of thioether (sulfide) groups is 1. The van der Waals surface area contributed by atoms with E-state index in [9.17, 15) is 14.7 Å². The first-order valence-corrected chi connectivity index (χ1v) is 12.9. The van der Waals surface area contributed by atoms with Crippen molar-refractivity contribution in [2.24, 2.45) is 5.92 Å². The molecular formula is C25H39NO4S. The molecule has 174 valence electrons. The van der Waals surface area contributed by atoms with Gasteiger partial charge in [-0.25, -0.2) is 0 Å². The van der Waals surface area contributed by atoms with Crippen LogP contribution in [0.4, 0.5) is 0 Å². The number of carboxylic acid groups (broad SMARTS) is 1. The smallest absolute Gasteiger partial charge is 0.303 e. The van der Waals surface area contributed by atoms with Gasteiger partial charge in [-0.05, 0) is 62.2 Å². The Morgan fingerprint density at radius 1 is 1.16 bits per heavy atom. The number of hydrogen-bond acceptors (Lipinski definition) is 4. The Morgan fingerprint density at radius 3 is 2.68 bits per heavy atom. The zero-order valence-electron chi connectivity index (χ0n) is 18.9. The minimum absolute atomic E-state index is 0.209. The van der Waals surface area contributed by atoms with Crippen LogP contribution in [-0.4, -0.2) is 57.2 Å². The molecule has 5 nitrogen and oxygen atoms in total. The second-order valence-electron chi connectivity index (χ2n) is 8.74. The van der Waals surface area contributed by atoms with Gasteiger partial charge in [0.05, 0.1) is 6.10 Å². The van der Waals surface area contributed by atoms with E-state index in [4.69, 9.17) is 5.11 Å². The number of aryl methyl sites for hydroxylation is 1. The monoisotopic (exact) mass is 449 g/mol. The molecule has 0 spiro atoms. The van der Waals surface area contributed by atoms with Gasteiger partial charge >= 0.3 is 5.97 Å². The van der Waals surface area contributed by atoms with E-state index < -0.39 is 5.97 Å². The van der Waals surface area contributed by atoms with Crippen molar-refractivity contribution < 1.29 is 19.8 Å². The highest BCUT2D eigenvalue weighted by Crippen LogP contribution is 2.26. The average Bonchev–Trinajstić information content (AvgIpc) is 3.11. The summed E-state index contributed by atoms with van der Waals surface area (Å²) in [5.41, 5.74) is 1.38. The molecule has 31 heavy (non-hydrogen) atoms. The van der Waals surface area contributed by atoms with Gasteiger partial charge in [-0.3, -0.25) is 9.59 Å². The SMILES string of the molecule is C[C@@H](CCCCc1ccccc1)[C@H](O)CC[C@H]1CCC(=O)N1CCSCCCC(=O)O. The van der Waals surface area contributed by atoms with Crippen LogP contribution in [-0.2, 0) is 16.0 Å². The van der Waals surface area contributed by atoms with Crippen LogP contribution >= 0.6 is 11.8 Å². The lowest BCUT2D eigenvalue weighted by molar-refractivity contribution is -0.137. The van der Waals surface area contributed by atoms with Gasteiger partial charge < -0.3 is 15.1 Å². The number of carboxylic acids is 1. The molecule has 6 heteroatoms. The molecule has 0 radical (unpaired) electrons. The van der Waals surface area contributed by atoms with Crippen LogP contribution in [0.3, 0.4) is 0 Å². The van der Waals surface area contributed by atoms with Crippen LogP contribution in [0.5, 0.6) is 0 Å². The lowest BCUT2D eigenvalue weighted by Crippen LogP contribution is -2.35. The lowest BCUT2D eigenvalue weighted by Gasteiger charge is -2.27. The molecule has 0 bridgehead atoms. The zero-order valence-corrected chi connectivity index (χ0v) is 19.7. The predicted octanol–water partition coefficient (Wildman–Crippen LogP) is 4.77. The molecule has 0 unspecified atom stereocenters. The minimum Gasteiger partial charge on any atom is -0.481 e. The molecule has 1 heterocycles. The maximum Gasteiger partial charge on any atom is 0.303 e. The maximum atomic E-state index is 12.2. The molecule has 3 atom stereocenters. The molecule has 2 rings (SSSR count). The normalized spacial score (nSPS) is 18.3. The summed E-state index contributed by atoms with van der Waals surface area (Å²) in [4.78, 5) is 24.8. The Labute approximate surface area is 191 Å². The summed E-state index contributed by atoms with van der Waals surface area (Å²) in [6, 6.07) is 10.8. The Hall–Kier alpha value is -1.53. The van der Waals surface area contributed by atoms with E-state index in [2.05, 4.69) is 31.2 Å². The fourth-order valence-electron chi connectivity index (χ4n) is 4.27. The fourth-order valence-corrected chi connectivity index (χ4v) is 5.15. The van der Waals surface area contributed by atoms with E-state index in [0.717, 1.165) is 63.0 Å². The first-order chi connectivity index (χ1) is 15.0. The number of benzene rings is 1. The van der Waals surface area contributed by atoms with Crippen LogP contribution in [0.1, 0.15) is 70.3 Å². The van der Waals surface area contributed by atoms with Gasteiger partial charge in [-0.2, -0.15) is 11.8 Å². The number of hydrogen-bond donors (Lipinski definition) is 2. The van der Waals surface area contributed by atoms with Crippen molar-refractivity contribution in [2.45, 2.75) is 83.3 Å². The van der Waals surface area contributed by atoms with Crippen molar-refractivity contribution in [2.75, 3.05) is 18.1 Å². The third-order valence-corrected chi connectivity index (χ3v) is 7.33. The highest BCUT2D eigenvalue weighted by atomic mass is 32.2. The Kier molecular flexibility index (Phi) is 12.0. The molecule has 0 aliphatic carbocycles. The number of likely N-dealkylation sites (tertiary alicyclic amines) is 1. The summed E-state index contributed by atoms with van der Waals surface area (Å²) in [5, 5.41) is 19.3. The first kappa shape index (κ1) is 25.7. The molecule has 0 aromatic heterocycles. The summed E-state index contributed by atoms with van der Waals surface area (Å²) >= 11 is 1.72.